The molecule has 0 saturated carbocycles. The van der Waals surface area contributed by atoms with Gasteiger partial charge in [0.2, 0.25) is 0 Å². The Kier molecular flexibility index (Phi) is 4.80. The smallest absolute Gasteiger partial charge is 0.145 e. The van der Waals surface area contributed by atoms with Crippen LogP contribution in [0.2, 0.25) is 0 Å². The molecule has 0 bridgehead atoms. The molecule has 0 fully saturated rings. The molecule has 220 valence electrons. The van der Waals surface area contributed by atoms with Crippen molar-refractivity contribution in [2.75, 3.05) is 0 Å². The van der Waals surface area contributed by atoms with Gasteiger partial charge in [-0.3, -0.25) is 4.57 Å². The van der Waals surface area contributed by atoms with E-state index in [9.17, 15) is 5.48 Å². The third kappa shape index (κ3) is 4.62. The molecule has 0 amide bonds. The molecule has 1 aromatic heterocycles. The van der Waals surface area contributed by atoms with E-state index in [1.807, 2.05) is 138 Å². The Hall–Kier alpha value is -6.25. The van der Waals surface area contributed by atoms with Gasteiger partial charge in [0, 0.05) is 11.3 Å². The van der Waals surface area contributed by atoms with Gasteiger partial charge in [-0.2, -0.15) is 0 Å². The Morgan fingerprint density at radius 3 is 1.55 bits per heavy atom. The van der Waals surface area contributed by atoms with Gasteiger partial charge in [-0.15, -0.1) is 0 Å². The lowest BCUT2D eigenvalue weighted by atomic mass is 9.85. The molecular formula is C45H30N2. The fourth-order valence-corrected chi connectivity index (χ4v) is 6.56. The van der Waals surface area contributed by atoms with Gasteiger partial charge in [0.25, 0.3) is 0 Å². The van der Waals surface area contributed by atoms with Crippen LogP contribution >= 0.6 is 0 Å². The lowest BCUT2D eigenvalue weighted by Crippen LogP contribution is -1.98. The van der Waals surface area contributed by atoms with Crippen LogP contribution in [-0.2, 0) is 0 Å². The third-order valence-electron chi connectivity index (χ3n) is 8.62. The molecule has 0 aliphatic carbocycles. The van der Waals surface area contributed by atoms with E-state index < -0.39 is 24.2 Å². The molecule has 9 rings (SSSR count). The highest BCUT2D eigenvalue weighted by Crippen LogP contribution is 2.44. The second kappa shape index (κ2) is 11.3. The minimum Gasteiger partial charge on any atom is -0.292 e. The summed E-state index contributed by atoms with van der Waals surface area (Å²) in [6.45, 7) is 0. The van der Waals surface area contributed by atoms with Crippen LogP contribution in [0, 0.1) is 0 Å². The average Bonchev–Trinajstić information content (AvgIpc) is 3.63. The van der Waals surface area contributed by atoms with Crippen molar-refractivity contribution in [2.45, 2.75) is 0 Å². The number of hydrogen-bond donors (Lipinski definition) is 0. The number of benzene rings is 8. The van der Waals surface area contributed by atoms with Crippen molar-refractivity contribution < 1.29 is 11.0 Å². The number of imidazole rings is 1. The second-order valence-electron chi connectivity index (χ2n) is 11.4. The van der Waals surface area contributed by atoms with Crippen LogP contribution in [0.15, 0.2) is 182 Å². The summed E-state index contributed by atoms with van der Waals surface area (Å²) in [5.41, 5.74) is 6.70. The molecule has 0 radical (unpaired) electrons. The quantitative estimate of drug-likeness (QED) is 0.178. The molecule has 2 heteroatoms. The van der Waals surface area contributed by atoms with Crippen molar-refractivity contribution in [2.24, 2.45) is 0 Å². The van der Waals surface area contributed by atoms with E-state index in [0.717, 1.165) is 27.7 Å². The molecule has 0 unspecified atom stereocenters. The molecule has 0 N–H and O–H groups in total. The largest absolute Gasteiger partial charge is 0.292 e. The van der Waals surface area contributed by atoms with Crippen LogP contribution < -0.4 is 0 Å². The summed E-state index contributed by atoms with van der Waals surface area (Å²) in [6, 6.07) is 39.4. The lowest BCUT2D eigenvalue weighted by molar-refractivity contribution is 1.10. The summed E-state index contributed by atoms with van der Waals surface area (Å²) < 4.78 is 74.9. The molecule has 8 aromatic carbocycles. The Morgan fingerprint density at radius 1 is 0.426 bits per heavy atom. The average molecular weight is 607 g/mol. The highest BCUT2D eigenvalue weighted by Gasteiger charge is 2.19. The summed E-state index contributed by atoms with van der Waals surface area (Å²) in [7, 11) is 0. The van der Waals surface area contributed by atoms with E-state index in [1.54, 1.807) is 0 Å². The molecular weight excluding hydrogens is 569 g/mol. The van der Waals surface area contributed by atoms with Crippen molar-refractivity contribution in [3.05, 3.63) is 182 Å². The van der Waals surface area contributed by atoms with Crippen LogP contribution in [0.3, 0.4) is 0 Å². The van der Waals surface area contributed by atoms with Gasteiger partial charge in [0.15, 0.2) is 0 Å². The first-order valence-corrected chi connectivity index (χ1v) is 15.4. The van der Waals surface area contributed by atoms with E-state index >= 15 is 0 Å². The van der Waals surface area contributed by atoms with E-state index in [4.69, 9.17) is 10.5 Å². The first kappa shape index (κ1) is 20.0. The first-order valence-electron chi connectivity index (χ1n) is 19.4. The second-order valence-corrected chi connectivity index (χ2v) is 11.4. The minimum absolute atomic E-state index is 0.166. The fraction of sp³-hybridized carbons (Fsp3) is 0. The molecule has 1 heterocycles. The van der Waals surface area contributed by atoms with E-state index in [-0.39, 0.29) is 45.7 Å². The molecule has 2 nitrogen and oxygen atoms in total. The predicted molar refractivity (Wildman–Crippen MR) is 198 cm³/mol. The van der Waals surface area contributed by atoms with Gasteiger partial charge >= 0.3 is 0 Å². The first-order chi connectivity index (χ1) is 26.7. The standard InChI is InChI=1S/C45H30N2/c1-3-15-31(16-4-1)33-19-13-20-34(29-33)43-37-23-7-9-25-39(37)44(40-26-10-8-24-38(40)43)35-21-14-22-36(30-35)47-42-28-12-11-27-41(42)46-45(47)32-17-5-2-6-18-32/h1-30H/i7D,8D,9D,10D,23D,24D,25D,26D. The van der Waals surface area contributed by atoms with Crippen molar-refractivity contribution >= 4 is 32.6 Å². The normalized spacial score (nSPS) is 13.8. The SMILES string of the molecule is [2H]c1c([2H])c([2H])c2c(-c3cccc(-n4c(-c5ccccc5)nc5ccccc54)c3)c3c([2H])c([2H])c([2H])c([2H])c3c(-c3cccc(-c4ccccc4)c3)c2c1[2H]. The highest BCUT2D eigenvalue weighted by molar-refractivity contribution is 6.21. The predicted octanol–water partition coefficient (Wildman–Crippen LogP) is 12.0. The maximum absolute atomic E-state index is 9.40. The number of aromatic nitrogens is 2. The zero-order valence-corrected chi connectivity index (χ0v) is 25.1. The van der Waals surface area contributed by atoms with Crippen LogP contribution in [-0.4, -0.2) is 9.55 Å². The molecule has 0 spiro atoms. The summed E-state index contributed by atoms with van der Waals surface area (Å²) in [5.74, 6) is 0.700. The van der Waals surface area contributed by atoms with Gasteiger partial charge in [-0.1, -0.05) is 151 Å². The zero-order chi connectivity index (χ0) is 38.1. The Bertz CT molecular complexity index is 2930. The zero-order valence-electron chi connectivity index (χ0n) is 33.1. The maximum Gasteiger partial charge on any atom is 0.145 e. The van der Waals surface area contributed by atoms with Crippen LogP contribution in [0.25, 0.3) is 83.0 Å². The molecule has 0 aliphatic rings. The third-order valence-corrected chi connectivity index (χ3v) is 8.62. The Morgan fingerprint density at radius 2 is 0.915 bits per heavy atom. The summed E-state index contributed by atoms with van der Waals surface area (Å²) in [5, 5.41) is 0.679. The number of rotatable bonds is 5. The van der Waals surface area contributed by atoms with Crippen molar-refractivity contribution in [1.82, 2.24) is 9.55 Å². The lowest BCUT2D eigenvalue weighted by Gasteiger charge is -2.19. The Labute approximate surface area is 285 Å². The fourth-order valence-electron chi connectivity index (χ4n) is 6.56. The molecule has 0 atom stereocenters. The van der Waals surface area contributed by atoms with Crippen LogP contribution in [0.5, 0.6) is 0 Å². The van der Waals surface area contributed by atoms with Crippen molar-refractivity contribution in [3.8, 4) is 50.5 Å². The maximum atomic E-state index is 9.40. The number of hydrogen-bond acceptors (Lipinski definition) is 1. The minimum atomic E-state index is -0.439. The van der Waals surface area contributed by atoms with Gasteiger partial charge in [0.1, 0.15) is 5.82 Å². The topological polar surface area (TPSA) is 17.8 Å². The number of para-hydroxylation sites is 2. The Balaban J connectivity index is 1.44. The molecule has 0 aliphatic heterocycles. The van der Waals surface area contributed by atoms with E-state index in [0.29, 0.717) is 33.8 Å². The van der Waals surface area contributed by atoms with Crippen molar-refractivity contribution in [3.63, 3.8) is 0 Å². The summed E-state index contributed by atoms with van der Waals surface area (Å²) in [4.78, 5) is 4.99. The van der Waals surface area contributed by atoms with Gasteiger partial charge in [-0.25, -0.2) is 4.98 Å². The van der Waals surface area contributed by atoms with E-state index in [1.165, 1.54) is 0 Å². The van der Waals surface area contributed by atoms with E-state index in [2.05, 4.69) is 0 Å². The van der Waals surface area contributed by atoms with Gasteiger partial charge < -0.3 is 0 Å². The van der Waals surface area contributed by atoms with Gasteiger partial charge in [-0.05, 0) is 85.3 Å². The summed E-state index contributed by atoms with van der Waals surface area (Å²) >= 11 is 0. The van der Waals surface area contributed by atoms with Crippen molar-refractivity contribution in [1.29, 1.82) is 0 Å². The number of fused-ring (bicyclic) bond motifs is 3. The van der Waals surface area contributed by atoms with Crippen LogP contribution in [0.1, 0.15) is 11.0 Å². The van der Waals surface area contributed by atoms with Gasteiger partial charge in [0.05, 0.1) is 22.0 Å². The number of nitrogens with zero attached hydrogens (tertiary/aromatic N) is 2. The highest BCUT2D eigenvalue weighted by atomic mass is 15.1. The molecule has 0 saturated heterocycles. The molecule has 9 aromatic rings. The monoisotopic (exact) mass is 606 g/mol. The summed E-state index contributed by atoms with van der Waals surface area (Å²) in [6.07, 6.45) is 0. The molecule has 47 heavy (non-hydrogen) atoms. The van der Waals surface area contributed by atoms with Crippen LogP contribution in [0.4, 0.5) is 0 Å².